The number of carbonyl (C=O) groups is 2. The van der Waals surface area contributed by atoms with Crippen LogP contribution in [0, 0.1) is 0 Å². The van der Waals surface area contributed by atoms with Crippen molar-refractivity contribution in [3.8, 4) is 5.75 Å². The van der Waals surface area contributed by atoms with E-state index in [2.05, 4.69) is 15.5 Å². The van der Waals surface area contributed by atoms with Crippen LogP contribution in [0.1, 0.15) is 27.9 Å². The molecule has 0 spiro atoms. The first-order valence-corrected chi connectivity index (χ1v) is 9.08. The van der Waals surface area contributed by atoms with Crippen LogP contribution in [0.25, 0.3) is 0 Å². The number of carbonyl (C=O) groups excluding carboxylic acids is 2. The molecule has 2 amide bonds. The van der Waals surface area contributed by atoms with Gasteiger partial charge in [-0.15, -0.1) is 10.2 Å². The molecular formula is C18H16N4O4S. The van der Waals surface area contributed by atoms with Crippen molar-refractivity contribution >= 4 is 34.0 Å². The summed E-state index contributed by atoms with van der Waals surface area (Å²) in [7, 11) is 1.60. The molecule has 27 heavy (non-hydrogen) atoms. The molecule has 1 aromatic carbocycles. The molecule has 0 unspecified atom stereocenters. The smallest absolute Gasteiger partial charge is 0.293 e. The van der Waals surface area contributed by atoms with Crippen molar-refractivity contribution in [1.29, 1.82) is 0 Å². The lowest BCUT2D eigenvalue weighted by molar-refractivity contribution is -0.117. The number of nitrogens with one attached hydrogen (secondary N) is 1. The maximum Gasteiger partial charge on any atom is 0.293 e. The summed E-state index contributed by atoms with van der Waals surface area (Å²) in [5.41, 5.74) is 0.819. The van der Waals surface area contributed by atoms with Crippen LogP contribution in [0.2, 0.25) is 0 Å². The third-order valence-corrected chi connectivity index (χ3v) is 5.27. The van der Waals surface area contributed by atoms with Crippen molar-refractivity contribution < 1.29 is 18.7 Å². The molecule has 1 N–H and O–H groups in total. The van der Waals surface area contributed by atoms with Crippen molar-refractivity contribution in [2.45, 2.75) is 12.3 Å². The van der Waals surface area contributed by atoms with Crippen LogP contribution >= 0.6 is 11.3 Å². The standard InChI is InChI=1S/C18H16N4O4S/c1-25-13-6-4-12(5-7-13)22-10-11(9-15(22)23)17-20-21-18(27-17)19-16(24)14-3-2-8-26-14/h2-8,11H,9-10H2,1H3,(H,19,21,24)/t11-/m0/s1. The summed E-state index contributed by atoms with van der Waals surface area (Å²) in [6.45, 7) is 0.520. The number of furan rings is 1. The summed E-state index contributed by atoms with van der Waals surface area (Å²) < 4.78 is 10.2. The molecule has 0 bridgehead atoms. The van der Waals surface area contributed by atoms with Crippen LogP contribution < -0.4 is 15.0 Å². The van der Waals surface area contributed by atoms with E-state index in [1.54, 1.807) is 24.1 Å². The lowest BCUT2D eigenvalue weighted by Crippen LogP contribution is -2.24. The monoisotopic (exact) mass is 384 g/mol. The average Bonchev–Trinajstić information content (AvgIpc) is 3.42. The van der Waals surface area contributed by atoms with E-state index in [0.717, 1.165) is 11.4 Å². The van der Waals surface area contributed by atoms with Gasteiger partial charge in [0.05, 0.1) is 13.4 Å². The Balaban J connectivity index is 1.44. The van der Waals surface area contributed by atoms with Gasteiger partial charge in [-0.2, -0.15) is 0 Å². The Morgan fingerprint density at radius 2 is 2.11 bits per heavy atom. The number of hydrogen-bond acceptors (Lipinski definition) is 7. The van der Waals surface area contributed by atoms with Gasteiger partial charge in [-0.05, 0) is 36.4 Å². The van der Waals surface area contributed by atoms with Gasteiger partial charge in [0, 0.05) is 24.6 Å². The van der Waals surface area contributed by atoms with Crippen molar-refractivity contribution in [2.24, 2.45) is 0 Å². The van der Waals surface area contributed by atoms with E-state index in [1.807, 2.05) is 24.3 Å². The third-order valence-electron chi connectivity index (χ3n) is 4.26. The number of benzene rings is 1. The molecule has 9 heteroatoms. The second-order valence-corrected chi connectivity index (χ2v) is 6.99. The fourth-order valence-electron chi connectivity index (χ4n) is 2.90. The van der Waals surface area contributed by atoms with Gasteiger partial charge >= 0.3 is 0 Å². The molecule has 1 fully saturated rings. The number of ether oxygens (including phenoxy) is 1. The first-order valence-electron chi connectivity index (χ1n) is 8.26. The van der Waals surface area contributed by atoms with Crippen molar-refractivity contribution in [3.63, 3.8) is 0 Å². The number of methoxy groups -OCH3 is 1. The highest BCUT2D eigenvalue weighted by molar-refractivity contribution is 7.15. The summed E-state index contributed by atoms with van der Waals surface area (Å²) in [6.07, 6.45) is 1.78. The van der Waals surface area contributed by atoms with Crippen LogP contribution in [0.4, 0.5) is 10.8 Å². The van der Waals surface area contributed by atoms with E-state index < -0.39 is 0 Å². The molecular weight excluding hydrogens is 368 g/mol. The minimum absolute atomic E-state index is 0.0292. The number of nitrogens with zero attached hydrogens (tertiary/aromatic N) is 3. The zero-order valence-corrected chi connectivity index (χ0v) is 15.2. The Labute approximate surface area is 158 Å². The largest absolute Gasteiger partial charge is 0.497 e. The molecule has 1 aliphatic rings. The first-order chi connectivity index (χ1) is 13.1. The summed E-state index contributed by atoms with van der Waals surface area (Å²) in [4.78, 5) is 26.2. The van der Waals surface area contributed by atoms with Crippen LogP contribution in [0.5, 0.6) is 5.75 Å². The minimum atomic E-state index is -0.384. The number of aromatic nitrogens is 2. The van der Waals surface area contributed by atoms with Crippen LogP contribution in [-0.4, -0.2) is 35.7 Å². The van der Waals surface area contributed by atoms with E-state index in [-0.39, 0.29) is 23.5 Å². The fraction of sp³-hybridized carbons (Fsp3) is 0.222. The van der Waals surface area contributed by atoms with Gasteiger partial charge in [0.2, 0.25) is 11.0 Å². The van der Waals surface area contributed by atoms with Gasteiger partial charge < -0.3 is 14.1 Å². The molecule has 1 saturated heterocycles. The van der Waals surface area contributed by atoms with Crippen molar-refractivity contribution in [2.75, 3.05) is 23.9 Å². The van der Waals surface area contributed by atoms with Gasteiger partial charge in [0.25, 0.3) is 5.91 Å². The molecule has 0 aliphatic carbocycles. The highest BCUT2D eigenvalue weighted by Gasteiger charge is 2.34. The predicted octanol–water partition coefficient (Wildman–Crippen LogP) is 2.91. The third kappa shape index (κ3) is 3.54. The van der Waals surface area contributed by atoms with E-state index >= 15 is 0 Å². The number of hydrogen-bond donors (Lipinski definition) is 1. The SMILES string of the molecule is COc1ccc(N2C[C@@H](c3nnc(NC(=O)c4ccco4)s3)CC2=O)cc1. The van der Waals surface area contributed by atoms with Crippen LogP contribution in [0.3, 0.4) is 0 Å². The van der Waals surface area contributed by atoms with Crippen molar-refractivity contribution in [3.05, 3.63) is 53.4 Å². The molecule has 2 aromatic heterocycles. The average molecular weight is 384 g/mol. The second kappa shape index (κ2) is 7.20. The normalized spacial score (nSPS) is 16.6. The first kappa shape index (κ1) is 17.2. The molecule has 1 atom stereocenters. The molecule has 138 valence electrons. The van der Waals surface area contributed by atoms with Gasteiger partial charge in [0.15, 0.2) is 5.76 Å². The maximum absolute atomic E-state index is 12.4. The lowest BCUT2D eigenvalue weighted by Gasteiger charge is -2.16. The van der Waals surface area contributed by atoms with Gasteiger partial charge in [-0.25, -0.2) is 0 Å². The van der Waals surface area contributed by atoms with Crippen LogP contribution in [0.15, 0.2) is 47.1 Å². The van der Waals surface area contributed by atoms with E-state index in [1.165, 1.54) is 17.6 Å². The lowest BCUT2D eigenvalue weighted by atomic mass is 10.1. The Kier molecular flexibility index (Phi) is 4.59. The minimum Gasteiger partial charge on any atom is -0.497 e. The van der Waals surface area contributed by atoms with E-state index in [4.69, 9.17) is 9.15 Å². The summed E-state index contributed by atoms with van der Waals surface area (Å²) in [5.74, 6) is 0.523. The zero-order chi connectivity index (χ0) is 18.8. The van der Waals surface area contributed by atoms with Gasteiger partial charge in [0.1, 0.15) is 10.8 Å². The highest BCUT2D eigenvalue weighted by atomic mass is 32.1. The molecule has 4 rings (SSSR count). The summed E-state index contributed by atoms with van der Waals surface area (Å²) in [5, 5.41) is 11.9. The molecule has 3 aromatic rings. The number of amides is 2. The number of rotatable bonds is 5. The molecule has 0 radical (unpaired) electrons. The highest BCUT2D eigenvalue weighted by Crippen LogP contribution is 2.34. The predicted molar refractivity (Wildman–Crippen MR) is 99.3 cm³/mol. The molecule has 8 nitrogen and oxygen atoms in total. The van der Waals surface area contributed by atoms with Gasteiger partial charge in [-0.3, -0.25) is 14.9 Å². The summed E-state index contributed by atoms with van der Waals surface area (Å²) in [6, 6.07) is 10.6. The molecule has 0 saturated carbocycles. The Morgan fingerprint density at radius 3 is 2.81 bits per heavy atom. The fourth-order valence-corrected chi connectivity index (χ4v) is 3.73. The Morgan fingerprint density at radius 1 is 1.30 bits per heavy atom. The van der Waals surface area contributed by atoms with E-state index in [9.17, 15) is 9.59 Å². The van der Waals surface area contributed by atoms with Gasteiger partial charge in [-0.1, -0.05) is 11.3 Å². The Bertz CT molecular complexity index is 952. The summed E-state index contributed by atoms with van der Waals surface area (Å²) >= 11 is 1.27. The Hall–Kier alpha value is -3.20. The van der Waals surface area contributed by atoms with Crippen molar-refractivity contribution in [1.82, 2.24) is 10.2 Å². The molecule has 3 heterocycles. The zero-order valence-electron chi connectivity index (χ0n) is 14.4. The maximum atomic E-state index is 12.4. The topological polar surface area (TPSA) is 97.6 Å². The molecule has 1 aliphatic heterocycles. The second-order valence-electron chi connectivity index (χ2n) is 5.98. The number of anilines is 2. The van der Waals surface area contributed by atoms with Crippen LogP contribution in [-0.2, 0) is 4.79 Å². The quantitative estimate of drug-likeness (QED) is 0.726. The van der Waals surface area contributed by atoms with E-state index in [0.29, 0.717) is 23.1 Å².